The molecule has 0 radical (unpaired) electrons. The highest BCUT2D eigenvalue weighted by atomic mass is 19.4. The molecule has 4 nitrogen and oxygen atoms in total. The molecule has 0 bridgehead atoms. The molecule has 14 heavy (non-hydrogen) atoms. The van der Waals surface area contributed by atoms with Gasteiger partial charge in [-0.1, -0.05) is 0 Å². The molecule has 1 unspecified atom stereocenters. The number of rotatable bonds is 0. The van der Waals surface area contributed by atoms with E-state index in [4.69, 9.17) is 0 Å². The molecule has 2 heterocycles. The minimum absolute atomic E-state index is 0.0600. The minimum atomic E-state index is -4.51. The van der Waals surface area contributed by atoms with E-state index in [2.05, 4.69) is 20.0 Å². The van der Waals surface area contributed by atoms with Gasteiger partial charge in [-0.3, -0.25) is 0 Å². The molecule has 0 aromatic carbocycles. The van der Waals surface area contributed by atoms with Gasteiger partial charge >= 0.3 is 6.18 Å². The van der Waals surface area contributed by atoms with Gasteiger partial charge in [0.25, 0.3) is 0 Å². The molecule has 0 saturated heterocycles. The van der Waals surface area contributed by atoms with Gasteiger partial charge in [0.2, 0.25) is 5.84 Å². The number of amidine groups is 2. The first-order chi connectivity index (χ1) is 6.48. The van der Waals surface area contributed by atoms with E-state index in [0.29, 0.717) is 5.71 Å². The van der Waals surface area contributed by atoms with Gasteiger partial charge in [0.05, 0.1) is 0 Å². The van der Waals surface area contributed by atoms with Crippen LogP contribution in [0.25, 0.3) is 0 Å². The number of halogens is 3. The lowest BCUT2D eigenvalue weighted by Crippen LogP contribution is -2.25. The average molecular weight is 202 g/mol. The molecule has 0 spiro atoms. The van der Waals surface area contributed by atoms with Crippen LogP contribution < -0.4 is 0 Å². The van der Waals surface area contributed by atoms with Crippen molar-refractivity contribution in [2.45, 2.75) is 19.1 Å². The van der Waals surface area contributed by atoms with Crippen LogP contribution >= 0.6 is 0 Å². The Morgan fingerprint density at radius 1 is 1.36 bits per heavy atom. The molecule has 2 rings (SSSR count). The summed E-state index contributed by atoms with van der Waals surface area (Å²) in [7, 11) is 0. The van der Waals surface area contributed by atoms with Crippen LogP contribution in [0.2, 0.25) is 0 Å². The van der Waals surface area contributed by atoms with Crippen LogP contribution in [0, 0.1) is 0 Å². The highest BCUT2D eigenvalue weighted by Crippen LogP contribution is 2.24. The van der Waals surface area contributed by atoms with Crippen LogP contribution in [0.5, 0.6) is 0 Å². The molecule has 7 heteroatoms. The van der Waals surface area contributed by atoms with E-state index in [1.807, 2.05) is 0 Å². The first kappa shape index (κ1) is 9.04. The quantitative estimate of drug-likeness (QED) is 0.567. The molecule has 1 atom stereocenters. The minimum Gasteiger partial charge on any atom is -0.245 e. The van der Waals surface area contributed by atoms with Gasteiger partial charge in [-0.25, -0.2) is 20.0 Å². The molecule has 0 aromatic rings. The zero-order valence-electron chi connectivity index (χ0n) is 7.08. The summed E-state index contributed by atoms with van der Waals surface area (Å²) < 4.78 is 36.6. The summed E-state index contributed by atoms with van der Waals surface area (Å²) in [5, 5.41) is 0. The third-order valence-electron chi connectivity index (χ3n) is 1.82. The molecule has 74 valence electrons. The standard InChI is InChI=1S/C7H5F3N4/c1-3-4-5(12-2-11-3)14-6(13-4)7(8,9)10/h2,4H,1H3. The summed E-state index contributed by atoms with van der Waals surface area (Å²) in [5.74, 6) is -1.07. The predicted octanol–water partition coefficient (Wildman–Crippen LogP) is 1.23. The Kier molecular flexibility index (Phi) is 1.76. The Morgan fingerprint density at radius 2 is 2.07 bits per heavy atom. The van der Waals surface area contributed by atoms with Crippen LogP contribution in [-0.2, 0) is 0 Å². The number of nitrogens with zero attached hydrogens (tertiary/aromatic N) is 4. The summed E-state index contributed by atoms with van der Waals surface area (Å²) >= 11 is 0. The second kappa shape index (κ2) is 2.73. The lowest BCUT2D eigenvalue weighted by molar-refractivity contribution is -0.0596. The fourth-order valence-electron chi connectivity index (χ4n) is 1.14. The van der Waals surface area contributed by atoms with Crippen LogP contribution in [-0.4, -0.2) is 35.9 Å². The van der Waals surface area contributed by atoms with Crippen molar-refractivity contribution in [2.24, 2.45) is 20.0 Å². The highest BCUT2D eigenvalue weighted by Gasteiger charge is 2.41. The van der Waals surface area contributed by atoms with Crippen molar-refractivity contribution in [2.75, 3.05) is 0 Å². The molecule has 2 aliphatic rings. The van der Waals surface area contributed by atoms with Crippen molar-refractivity contribution in [3.63, 3.8) is 0 Å². The molecule has 0 aromatic heterocycles. The first-order valence-electron chi connectivity index (χ1n) is 3.79. The van der Waals surface area contributed by atoms with Gasteiger partial charge < -0.3 is 0 Å². The summed E-state index contributed by atoms with van der Waals surface area (Å²) in [6.07, 6.45) is -3.33. The van der Waals surface area contributed by atoms with E-state index in [-0.39, 0.29) is 5.84 Å². The fourth-order valence-corrected chi connectivity index (χ4v) is 1.14. The zero-order chi connectivity index (χ0) is 10.3. The second-order valence-electron chi connectivity index (χ2n) is 2.84. The lowest BCUT2D eigenvalue weighted by atomic mass is 10.2. The summed E-state index contributed by atoms with van der Waals surface area (Å²) in [6.45, 7) is 1.59. The Morgan fingerprint density at radius 3 is 2.64 bits per heavy atom. The zero-order valence-corrected chi connectivity index (χ0v) is 7.08. The topological polar surface area (TPSA) is 49.4 Å². The van der Waals surface area contributed by atoms with Crippen LogP contribution in [0.4, 0.5) is 13.2 Å². The van der Waals surface area contributed by atoms with E-state index in [1.54, 1.807) is 6.92 Å². The van der Waals surface area contributed by atoms with Crippen molar-refractivity contribution in [1.29, 1.82) is 0 Å². The maximum atomic E-state index is 12.2. The number of hydrogen-bond acceptors (Lipinski definition) is 4. The Balaban J connectivity index is 2.38. The number of fused-ring (bicyclic) bond motifs is 1. The Hall–Kier alpha value is -1.53. The molecule has 0 amide bonds. The van der Waals surface area contributed by atoms with Gasteiger partial charge in [0.1, 0.15) is 12.4 Å². The monoisotopic (exact) mass is 202 g/mol. The Labute approximate surface area is 77.0 Å². The third-order valence-corrected chi connectivity index (χ3v) is 1.82. The predicted molar refractivity (Wildman–Crippen MR) is 46.3 cm³/mol. The van der Waals surface area contributed by atoms with Gasteiger partial charge in [0, 0.05) is 5.71 Å². The number of aliphatic imine (C=N–C) groups is 4. The van der Waals surface area contributed by atoms with Crippen LogP contribution in [0.1, 0.15) is 6.92 Å². The average Bonchev–Trinajstić information content (AvgIpc) is 2.48. The third kappa shape index (κ3) is 1.34. The van der Waals surface area contributed by atoms with Crippen molar-refractivity contribution in [3.8, 4) is 0 Å². The van der Waals surface area contributed by atoms with E-state index in [9.17, 15) is 13.2 Å². The molecule has 0 aliphatic carbocycles. The maximum absolute atomic E-state index is 12.2. The Bertz CT molecular complexity index is 388. The molecule has 0 fully saturated rings. The van der Waals surface area contributed by atoms with E-state index < -0.39 is 18.1 Å². The number of hydrogen-bond donors (Lipinski definition) is 0. The fraction of sp³-hybridized carbons (Fsp3) is 0.429. The van der Waals surface area contributed by atoms with Crippen molar-refractivity contribution >= 4 is 23.7 Å². The van der Waals surface area contributed by atoms with Crippen molar-refractivity contribution in [1.82, 2.24) is 0 Å². The van der Waals surface area contributed by atoms with Gasteiger partial charge in [-0.2, -0.15) is 13.2 Å². The summed E-state index contributed by atoms with van der Waals surface area (Å²) in [6, 6.07) is -0.753. The molecular weight excluding hydrogens is 197 g/mol. The first-order valence-corrected chi connectivity index (χ1v) is 3.79. The molecular formula is C7H5F3N4. The highest BCUT2D eigenvalue weighted by molar-refractivity contribution is 6.22. The van der Waals surface area contributed by atoms with E-state index >= 15 is 0 Å². The van der Waals surface area contributed by atoms with Crippen LogP contribution in [0.3, 0.4) is 0 Å². The molecule has 0 saturated carbocycles. The number of alkyl halides is 3. The largest absolute Gasteiger partial charge is 0.451 e. The lowest BCUT2D eigenvalue weighted by Gasteiger charge is -2.08. The summed E-state index contributed by atoms with van der Waals surface area (Å²) in [4.78, 5) is 14.1. The van der Waals surface area contributed by atoms with Crippen molar-refractivity contribution in [3.05, 3.63) is 0 Å². The summed E-state index contributed by atoms with van der Waals surface area (Å²) in [5.41, 5.74) is 0.470. The van der Waals surface area contributed by atoms with E-state index in [1.165, 1.54) is 6.34 Å². The SMILES string of the molecule is CC1=NC=NC2=NC(C(F)(F)F)=NC12. The molecule has 0 N–H and O–H groups in total. The van der Waals surface area contributed by atoms with Crippen LogP contribution in [0.15, 0.2) is 20.0 Å². The second-order valence-corrected chi connectivity index (χ2v) is 2.84. The van der Waals surface area contributed by atoms with Crippen molar-refractivity contribution < 1.29 is 13.2 Å². The van der Waals surface area contributed by atoms with E-state index in [0.717, 1.165) is 0 Å². The maximum Gasteiger partial charge on any atom is 0.451 e. The van der Waals surface area contributed by atoms with Gasteiger partial charge in [-0.15, -0.1) is 0 Å². The van der Waals surface area contributed by atoms with Gasteiger partial charge in [0.15, 0.2) is 5.84 Å². The smallest absolute Gasteiger partial charge is 0.245 e. The normalized spacial score (nSPS) is 25.4. The molecule has 2 aliphatic heterocycles. The van der Waals surface area contributed by atoms with Gasteiger partial charge in [-0.05, 0) is 6.92 Å².